The van der Waals surface area contributed by atoms with Crippen molar-refractivity contribution < 1.29 is 13.5 Å². The standard InChI is InChI=1S/C20H32N.C8H9N.CH4.2ClH.Ru/c1-14(2)16-10-9-11-17(15(3)4)18(16)21-13-19(5,6)12-20(21,7)8;1-2-5-8-6-3-4-7-9-8;;;;/h9-11,13-15H,12H2,1-8H3;1,3-4,6-7H,2,5H2;1H4;2*1H;/q-1;;;;;+2/p-2. The van der Waals surface area contributed by atoms with Crippen molar-refractivity contribution in [2.75, 3.05) is 4.90 Å². The Morgan fingerprint density at radius 2 is 1.59 bits per heavy atom. The van der Waals surface area contributed by atoms with Crippen molar-refractivity contribution in [3.8, 4) is 0 Å². The second-order valence-corrected chi connectivity index (χ2v) is 16.7. The van der Waals surface area contributed by atoms with Crippen LogP contribution in [0, 0.1) is 12.0 Å². The molecule has 1 aliphatic rings. The van der Waals surface area contributed by atoms with Gasteiger partial charge in [0.15, 0.2) is 0 Å². The van der Waals surface area contributed by atoms with Crippen LogP contribution in [0.3, 0.4) is 0 Å². The Morgan fingerprint density at radius 1 is 1.00 bits per heavy atom. The zero-order chi connectivity index (χ0) is 24.8. The van der Waals surface area contributed by atoms with Crippen molar-refractivity contribution in [1.29, 1.82) is 0 Å². The van der Waals surface area contributed by atoms with E-state index in [1.165, 1.54) is 23.2 Å². The first-order chi connectivity index (χ1) is 15.3. The van der Waals surface area contributed by atoms with Crippen molar-refractivity contribution in [3.05, 3.63) is 66.0 Å². The van der Waals surface area contributed by atoms with Crippen LogP contribution < -0.4 is 4.90 Å². The molecule has 1 fully saturated rings. The molecule has 194 valence electrons. The molecule has 1 aromatic carbocycles. The second-order valence-electron chi connectivity index (χ2n) is 10.8. The van der Waals surface area contributed by atoms with Crippen LogP contribution >= 0.6 is 19.4 Å². The van der Waals surface area contributed by atoms with Gasteiger partial charge in [0.2, 0.25) is 0 Å². The summed E-state index contributed by atoms with van der Waals surface area (Å²) in [6.07, 6.45) is 4.86. The molecule has 0 amide bonds. The first kappa shape index (κ1) is 31.3. The van der Waals surface area contributed by atoms with Gasteiger partial charge in [-0.1, -0.05) is 73.6 Å². The van der Waals surface area contributed by atoms with Gasteiger partial charge in [-0.3, -0.25) is 0 Å². The Hall–Kier alpha value is -0.757. The topological polar surface area (TPSA) is 16.1 Å². The molecule has 0 bridgehead atoms. The molecule has 0 radical (unpaired) electrons. The predicted octanol–water partition coefficient (Wildman–Crippen LogP) is 9.49. The summed E-state index contributed by atoms with van der Waals surface area (Å²) >= 11 is -1.56. The normalized spacial score (nSPS) is 16.6. The van der Waals surface area contributed by atoms with Gasteiger partial charge in [-0.25, -0.2) is 6.54 Å². The van der Waals surface area contributed by atoms with E-state index in [0.29, 0.717) is 11.8 Å². The average Bonchev–Trinajstić information content (AvgIpc) is 2.95. The van der Waals surface area contributed by atoms with E-state index in [2.05, 4.69) is 90.0 Å². The van der Waals surface area contributed by atoms with Crippen LogP contribution in [0.2, 0.25) is 0 Å². The fourth-order valence-corrected chi connectivity index (χ4v) is 6.29. The first-order valence-electron chi connectivity index (χ1n) is 11.8. The molecule has 2 nitrogen and oxygen atoms in total. The molecule has 1 saturated heterocycles. The van der Waals surface area contributed by atoms with Crippen LogP contribution in [0.25, 0.3) is 0 Å². The van der Waals surface area contributed by atoms with E-state index in [1.54, 1.807) is 6.20 Å². The van der Waals surface area contributed by atoms with Crippen LogP contribution in [0.15, 0.2) is 42.6 Å². The molecule has 2 aromatic rings. The number of aromatic nitrogens is 1. The predicted molar refractivity (Wildman–Crippen MR) is 151 cm³/mol. The zero-order valence-corrected chi connectivity index (χ0v) is 24.7. The number of hydrogen-bond acceptors (Lipinski definition) is 2. The molecule has 3 rings (SSSR count). The number of pyridine rings is 1. The molecular weight excluding hydrogens is 548 g/mol. The molecule has 5 heteroatoms. The number of anilines is 1. The van der Waals surface area contributed by atoms with E-state index in [0.717, 1.165) is 18.5 Å². The Labute approximate surface area is 223 Å². The summed E-state index contributed by atoms with van der Waals surface area (Å²) in [7, 11) is 11.4. The summed E-state index contributed by atoms with van der Waals surface area (Å²) in [5, 5.41) is 0. The fraction of sp³-hybridized carbons (Fsp3) is 0.552. The minimum atomic E-state index is -1.56. The summed E-state index contributed by atoms with van der Waals surface area (Å²) in [5.41, 5.74) is 5.95. The third-order valence-electron chi connectivity index (χ3n) is 5.94. The average molecular weight is 594 g/mol. The second kappa shape index (κ2) is 13.5. The van der Waals surface area contributed by atoms with Gasteiger partial charge in [0, 0.05) is 11.2 Å². The number of nitrogens with zero attached hydrogens (tertiary/aromatic N) is 2. The number of aryl methyl sites for hydroxylation is 1. The first-order valence-corrected chi connectivity index (χ1v) is 17.3. The maximum atomic E-state index is 5.68. The van der Waals surface area contributed by atoms with Crippen molar-refractivity contribution >= 4 is 29.7 Å². The van der Waals surface area contributed by atoms with Gasteiger partial charge in [0.05, 0.1) is 0 Å². The molecule has 0 aliphatic carbocycles. The zero-order valence-electron chi connectivity index (χ0n) is 21.5. The maximum absolute atomic E-state index is 5.68. The van der Waals surface area contributed by atoms with E-state index in [9.17, 15) is 0 Å². The summed E-state index contributed by atoms with van der Waals surface area (Å²) in [5.74, 6) is 1.10. The van der Waals surface area contributed by atoms with E-state index in [1.807, 2.05) is 22.8 Å². The summed E-state index contributed by atoms with van der Waals surface area (Å²) in [6, 6.07) is 12.7. The molecule has 34 heavy (non-hydrogen) atoms. The Morgan fingerprint density at radius 3 is 2.00 bits per heavy atom. The van der Waals surface area contributed by atoms with Gasteiger partial charge in [0.1, 0.15) is 0 Å². The molecule has 0 saturated carbocycles. The van der Waals surface area contributed by atoms with Crippen molar-refractivity contribution in [3.63, 3.8) is 0 Å². The van der Waals surface area contributed by atoms with E-state index in [4.69, 9.17) is 19.4 Å². The Bertz CT molecular complexity index is 891. The van der Waals surface area contributed by atoms with Crippen LogP contribution in [0.5, 0.6) is 0 Å². The van der Waals surface area contributed by atoms with Crippen LogP contribution in [0.4, 0.5) is 5.69 Å². The van der Waals surface area contributed by atoms with Gasteiger partial charge in [-0.2, -0.15) is 0 Å². The van der Waals surface area contributed by atoms with Gasteiger partial charge in [0.25, 0.3) is 0 Å². The number of rotatable bonds is 6. The van der Waals surface area contributed by atoms with Crippen LogP contribution in [0.1, 0.15) is 104 Å². The molecule has 2 heterocycles. The molecule has 0 unspecified atom stereocenters. The monoisotopic (exact) mass is 593 g/mol. The summed E-state index contributed by atoms with van der Waals surface area (Å²) in [6.45, 7) is 21.1. The van der Waals surface area contributed by atoms with E-state index < -0.39 is 13.5 Å². The summed E-state index contributed by atoms with van der Waals surface area (Å²) < 4.78 is 2.00. The summed E-state index contributed by atoms with van der Waals surface area (Å²) in [4.78, 5) is 6.75. The quantitative estimate of drug-likeness (QED) is 0.245. The minimum absolute atomic E-state index is 0. The molecule has 1 aliphatic heterocycles. The number of benzene rings is 1. The number of para-hydroxylation sites is 1. The van der Waals surface area contributed by atoms with Crippen LogP contribution in [-0.2, 0) is 19.9 Å². The van der Waals surface area contributed by atoms with Crippen molar-refractivity contribution in [1.82, 2.24) is 4.98 Å². The number of hydrogen-bond donors (Lipinski definition) is 0. The van der Waals surface area contributed by atoms with E-state index in [-0.39, 0.29) is 18.4 Å². The van der Waals surface area contributed by atoms with Crippen molar-refractivity contribution in [2.45, 2.75) is 99.5 Å². The van der Waals surface area contributed by atoms with Gasteiger partial charge >= 0.3 is 85.4 Å². The molecule has 0 N–H and O–H groups in total. The third kappa shape index (κ3) is 9.03. The van der Waals surface area contributed by atoms with Crippen LogP contribution in [-0.4, -0.2) is 15.1 Å². The Kier molecular flexibility index (Phi) is 12.4. The van der Waals surface area contributed by atoms with E-state index >= 15 is 0 Å². The third-order valence-corrected chi connectivity index (χ3v) is 8.27. The van der Waals surface area contributed by atoms with Gasteiger partial charge in [-0.15, -0.1) is 5.41 Å². The molecule has 1 aromatic heterocycles. The molecule has 0 spiro atoms. The van der Waals surface area contributed by atoms with Gasteiger partial charge in [-0.05, 0) is 36.8 Å². The fourth-order valence-electron chi connectivity index (χ4n) is 4.75. The SMILES string of the molecule is C.CC(C)c1cccc(C(C)C)c1N1[CH-]C(C)(C)CC1(C)C.[Cl][Ru]([Cl])=[CH]CCc1ccccn1. The van der Waals surface area contributed by atoms with Crippen molar-refractivity contribution in [2.24, 2.45) is 5.41 Å². The molecule has 0 atom stereocenters. The van der Waals surface area contributed by atoms with Gasteiger partial charge < -0.3 is 4.90 Å². The number of halogens is 2. The Balaban J connectivity index is 0.000000380. The molecular formula is C29H45Cl2N2Ru-.